The molecule has 15 nitrogen and oxygen atoms in total. The molecule has 2 aliphatic heterocycles. The molecule has 15 heteroatoms. The number of hydrogen-bond donors (Lipinski definition) is 3. The Morgan fingerprint density at radius 3 is 2.41 bits per heavy atom. The molecule has 5 amide bonds. The molecule has 1 saturated carbocycles. The van der Waals surface area contributed by atoms with Crippen molar-refractivity contribution in [1.82, 2.24) is 45.5 Å². The van der Waals surface area contributed by atoms with Crippen LogP contribution in [-0.4, -0.2) is 97.9 Å². The third kappa shape index (κ3) is 8.88. The minimum atomic E-state index is -0.901. The van der Waals surface area contributed by atoms with Crippen molar-refractivity contribution >= 4 is 29.5 Å². The lowest BCUT2D eigenvalue weighted by Gasteiger charge is -2.26. The van der Waals surface area contributed by atoms with E-state index in [-0.39, 0.29) is 86.1 Å². The first-order valence-corrected chi connectivity index (χ1v) is 19.0. The van der Waals surface area contributed by atoms with Gasteiger partial charge in [-0.2, -0.15) is 5.10 Å². The van der Waals surface area contributed by atoms with Crippen LogP contribution in [0.2, 0.25) is 0 Å². The molecule has 2 aromatic heterocycles. The molecule has 288 valence electrons. The van der Waals surface area contributed by atoms with Crippen molar-refractivity contribution in [1.29, 1.82) is 0 Å². The van der Waals surface area contributed by atoms with Crippen molar-refractivity contribution in [3.05, 3.63) is 70.4 Å². The van der Waals surface area contributed by atoms with Gasteiger partial charge in [0.1, 0.15) is 24.0 Å². The second-order valence-electron chi connectivity index (χ2n) is 14.7. The Morgan fingerprint density at radius 1 is 0.944 bits per heavy atom. The van der Waals surface area contributed by atoms with Crippen molar-refractivity contribution in [2.24, 2.45) is 5.92 Å². The summed E-state index contributed by atoms with van der Waals surface area (Å²) in [5, 5.41) is 13.4. The van der Waals surface area contributed by atoms with E-state index in [1.165, 1.54) is 11.8 Å². The largest absolute Gasteiger partial charge is 0.480 e. The number of fused-ring (bicyclic) bond motifs is 2. The zero-order valence-corrected chi connectivity index (χ0v) is 31.6. The molecule has 0 radical (unpaired) electrons. The second kappa shape index (κ2) is 17.2. The van der Waals surface area contributed by atoms with Crippen LogP contribution in [0.25, 0.3) is 0 Å². The lowest BCUT2D eigenvalue weighted by molar-refractivity contribution is -0.129. The summed E-state index contributed by atoms with van der Waals surface area (Å²) in [5.74, 6) is -0.605. The van der Waals surface area contributed by atoms with Crippen LogP contribution in [0.1, 0.15) is 108 Å². The molecule has 0 unspecified atom stereocenters. The molecule has 3 aromatic rings. The standard InChI is InChI=1S/C39H51N9O6/c1-24(2)34-35-41-25(3)45-48(35)23-33(50)40-17-11-19-46(18-10-16-32(49)42-30(36(51)44-34)20-26-12-6-5-7-13-26)38(52)29-21-28-31(43-37(29)54-4)22-47(39(28)53)27-14-8-9-15-27/h5-7,12-13,21,24,27,30,34H,8-11,14-20,22-23H2,1-4H3,(H,40,50)(H,42,49)(H,44,51)/t30-,34+/m1/s1. The zero-order valence-electron chi connectivity index (χ0n) is 31.6. The van der Waals surface area contributed by atoms with E-state index in [1.54, 1.807) is 17.9 Å². The summed E-state index contributed by atoms with van der Waals surface area (Å²) in [5.41, 5.74) is 2.04. The van der Waals surface area contributed by atoms with E-state index in [4.69, 9.17) is 4.74 Å². The minimum absolute atomic E-state index is 0.0502. The first-order chi connectivity index (χ1) is 26.0. The number of ether oxygens (including phenoxy) is 1. The highest BCUT2D eigenvalue weighted by Crippen LogP contribution is 2.33. The van der Waals surface area contributed by atoms with Crippen molar-refractivity contribution in [2.75, 3.05) is 26.7 Å². The van der Waals surface area contributed by atoms with Crippen LogP contribution in [0.3, 0.4) is 0 Å². The molecule has 1 aromatic carbocycles. The molecule has 1 fully saturated rings. The van der Waals surface area contributed by atoms with E-state index < -0.39 is 18.0 Å². The van der Waals surface area contributed by atoms with Crippen LogP contribution in [0.5, 0.6) is 5.88 Å². The Kier molecular flexibility index (Phi) is 12.2. The zero-order chi connectivity index (χ0) is 38.4. The third-order valence-corrected chi connectivity index (χ3v) is 10.4. The van der Waals surface area contributed by atoms with Crippen molar-refractivity contribution in [2.45, 2.75) is 103 Å². The Bertz CT molecular complexity index is 1860. The van der Waals surface area contributed by atoms with Gasteiger partial charge in [0.25, 0.3) is 11.8 Å². The predicted octanol–water partition coefficient (Wildman–Crippen LogP) is 2.87. The molecule has 0 saturated heterocycles. The summed E-state index contributed by atoms with van der Waals surface area (Å²) in [6, 6.07) is 9.72. The molecule has 3 N–H and O–H groups in total. The third-order valence-electron chi connectivity index (χ3n) is 10.4. The lowest BCUT2D eigenvalue weighted by Crippen LogP contribution is -2.50. The maximum absolute atomic E-state index is 14.2. The average Bonchev–Trinajstić information content (AvgIpc) is 3.89. The molecule has 4 heterocycles. The van der Waals surface area contributed by atoms with Crippen molar-refractivity contribution in [3.63, 3.8) is 0 Å². The number of benzene rings is 1. The number of amides is 5. The lowest BCUT2D eigenvalue weighted by atomic mass is 10.0. The van der Waals surface area contributed by atoms with Gasteiger partial charge < -0.3 is 30.5 Å². The molecule has 3 aliphatic rings. The number of aromatic nitrogens is 4. The molecular formula is C39H51N9O6. The second-order valence-corrected chi connectivity index (χ2v) is 14.7. The van der Waals surface area contributed by atoms with Gasteiger partial charge in [-0.1, -0.05) is 57.0 Å². The quantitative estimate of drug-likeness (QED) is 0.343. The molecule has 6 rings (SSSR count). The highest BCUT2D eigenvalue weighted by atomic mass is 16.5. The molecule has 54 heavy (non-hydrogen) atoms. The Labute approximate surface area is 315 Å². The number of hydrogen-bond acceptors (Lipinski definition) is 9. The number of aryl methyl sites for hydroxylation is 1. The van der Waals surface area contributed by atoms with Crippen LogP contribution in [0.15, 0.2) is 36.4 Å². The summed E-state index contributed by atoms with van der Waals surface area (Å²) in [7, 11) is 1.45. The number of carbonyl (C=O) groups is 5. The van der Waals surface area contributed by atoms with Crippen molar-refractivity contribution in [3.8, 4) is 5.88 Å². The Morgan fingerprint density at radius 2 is 1.69 bits per heavy atom. The summed E-state index contributed by atoms with van der Waals surface area (Å²) in [4.78, 5) is 81.0. The van der Waals surface area contributed by atoms with Gasteiger partial charge >= 0.3 is 0 Å². The van der Waals surface area contributed by atoms with Gasteiger partial charge in [-0.05, 0) is 50.2 Å². The fourth-order valence-corrected chi connectivity index (χ4v) is 7.58. The number of pyridine rings is 1. The van der Waals surface area contributed by atoms with Gasteiger partial charge in [0.2, 0.25) is 23.6 Å². The normalized spacial score (nSPS) is 20.8. The first-order valence-electron chi connectivity index (χ1n) is 19.0. The maximum Gasteiger partial charge on any atom is 0.259 e. The van der Waals surface area contributed by atoms with Crippen LogP contribution >= 0.6 is 0 Å². The van der Waals surface area contributed by atoms with Crippen LogP contribution in [0.4, 0.5) is 0 Å². The molecular weight excluding hydrogens is 690 g/mol. The predicted molar refractivity (Wildman–Crippen MR) is 198 cm³/mol. The van der Waals surface area contributed by atoms with Gasteiger partial charge in [-0.3, -0.25) is 24.0 Å². The molecule has 1 aliphatic carbocycles. The smallest absolute Gasteiger partial charge is 0.259 e. The highest BCUT2D eigenvalue weighted by molar-refractivity contribution is 6.03. The highest BCUT2D eigenvalue weighted by Gasteiger charge is 2.37. The van der Waals surface area contributed by atoms with Gasteiger partial charge in [-0.15, -0.1) is 0 Å². The number of rotatable bonds is 6. The summed E-state index contributed by atoms with van der Waals surface area (Å²) >= 11 is 0. The van der Waals surface area contributed by atoms with E-state index in [1.807, 2.05) is 49.1 Å². The van der Waals surface area contributed by atoms with Crippen LogP contribution in [-0.2, 0) is 33.9 Å². The SMILES string of the molecule is COc1nc2c(cc1C(=O)N1CCCNC(=O)Cn3nc(C)nc3[C@H](C(C)C)NC(=O)[C@@H](Cc3ccccc3)NC(=O)CCC1)C(=O)N(C1CCCC1)C2. The molecule has 0 bridgehead atoms. The summed E-state index contributed by atoms with van der Waals surface area (Å²) in [6.45, 7) is 6.61. The summed E-state index contributed by atoms with van der Waals surface area (Å²) < 4.78 is 7.09. The fourth-order valence-electron chi connectivity index (χ4n) is 7.58. The topological polar surface area (TPSA) is 181 Å². The van der Waals surface area contributed by atoms with Gasteiger partial charge in [0.05, 0.1) is 31.0 Å². The maximum atomic E-state index is 14.2. The van der Waals surface area contributed by atoms with E-state index in [0.717, 1.165) is 31.2 Å². The summed E-state index contributed by atoms with van der Waals surface area (Å²) in [6.07, 6.45) is 5.10. The Hall–Kier alpha value is -5.34. The number of carbonyl (C=O) groups excluding carboxylic acids is 5. The van der Waals surface area contributed by atoms with E-state index in [0.29, 0.717) is 42.3 Å². The number of nitrogens with zero attached hydrogens (tertiary/aromatic N) is 6. The van der Waals surface area contributed by atoms with E-state index >= 15 is 0 Å². The van der Waals surface area contributed by atoms with Crippen LogP contribution in [0, 0.1) is 12.8 Å². The monoisotopic (exact) mass is 741 g/mol. The fraction of sp³-hybridized carbons (Fsp3) is 0.538. The molecule has 2 atom stereocenters. The average molecular weight is 742 g/mol. The van der Waals surface area contributed by atoms with Gasteiger partial charge in [0.15, 0.2) is 5.82 Å². The molecule has 0 spiro atoms. The van der Waals surface area contributed by atoms with Crippen LogP contribution < -0.4 is 20.7 Å². The van der Waals surface area contributed by atoms with Crippen molar-refractivity contribution < 1.29 is 28.7 Å². The Balaban J connectivity index is 1.25. The number of methoxy groups -OCH3 is 1. The van der Waals surface area contributed by atoms with Gasteiger partial charge in [0, 0.05) is 38.5 Å². The first kappa shape index (κ1) is 38.4. The minimum Gasteiger partial charge on any atom is -0.480 e. The van der Waals surface area contributed by atoms with E-state index in [9.17, 15) is 24.0 Å². The van der Waals surface area contributed by atoms with Gasteiger partial charge in [-0.25, -0.2) is 14.6 Å². The number of nitrogens with one attached hydrogen (secondary N) is 3. The van der Waals surface area contributed by atoms with E-state index in [2.05, 4.69) is 31.0 Å².